The van der Waals surface area contributed by atoms with Crippen molar-refractivity contribution in [3.63, 3.8) is 0 Å². The standard InChI is InChI=1S/C9H9NO2/c1-2-12-9-6-4-3-5-8(9)7-10-11/h2-6H,1,7H2. The molecule has 0 bridgehead atoms. The molecule has 0 spiro atoms. The quantitative estimate of drug-likeness (QED) is 0.505. The van der Waals surface area contributed by atoms with Gasteiger partial charge in [-0.15, -0.1) is 0 Å². The van der Waals surface area contributed by atoms with Crippen molar-refractivity contribution >= 4 is 0 Å². The summed E-state index contributed by atoms with van der Waals surface area (Å²) in [6.45, 7) is 3.56. The predicted molar refractivity (Wildman–Crippen MR) is 46.8 cm³/mol. The van der Waals surface area contributed by atoms with Crippen molar-refractivity contribution in [3.8, 4) is 5.75 Å². The van der Waals surface area contributed by atoms with E-state index >= 15 is 0 Å². The number of para-hydroxylation sites is 1. The molecule has 0 aliphatic heterocycles. The Labute approximate surface area is 70.6 Å². The van der Waals surface area contributed by atoms with Crippen molar-refractivity contribution < 1.29 is 4.74 Å². The van der Waals surface area contributed by atoms with Crippen LogP contribution in [0.1, 0.15) is 5.56 Å². The van der Waals surface area contributed by atoms with Gasteiger partial charge in [-0.05, 0) is 6.07 Å². The molecule has 0 amide bonds. The Bertz CT molecular complexity index is 255. The molecule has 0 fully saturated rings. The smallest absolute Gasteiger partial charge is 0.131 e. The minimum atomic E-state index is 0.129. The Hall–Kier alpha value is -1.64. The van der Waals surface area contributed by atoms with Crippen LogP contribution >= 0.6 is 0 Å². The minimum Gasteiger partial charge on any atom is -0.465 e. The first-order chi connectivity index (χ1) is 5.88. The van der Waals surface area contributed by atoms with Crippen molar-refractivity contribution in [1.82, 2.24) is 0 Å². The third-order valence-corrected chi connectivity index (χ3v) is 1.42. The van der Waals surface area contributed by atoms with Crippen molar-refractivity contribution in [3.05, 3.63) is 47.6 Å². The monoisotopic (exact) mass is 163 g/mol. The highest BCUT2D eigenvalue weighted by Crippen LogP contribution is 2.18. The van der Waals surface area contributed by atoms with Gasteiger partial charge in [0.05, 0.1) is 6.26 Å². The van der Waals surface area contributed by atoms with Gasteiger partial charge in [0, 0.05) is 5.56 Å². The largest absolute Gasteiger partial charge is 0.465 e. The molecule has 0 saturated heterocycles. The molecule has 0 unspecified atom stereocenters. The van der Waals surface area contributed by atoms with Gasteiger partial charge in [-0.1, -0.05) is 30.0 Å². The number of nitroso groups, excluding NO2 is 1. The third kappa shape index (κ3) is 1.92. The molecule has 1 rings (SSSR count). The van der Waals surface area contributed by atoms with E-state index in [0.717, 1.165) is 5.56 Å². The van der Waals surface area contributed by atoms with Crippen molar-refractivity contribution in [2.24, 2.45) is 5.18 Å². The average Bonchev–Trinajstić information content (AvgIpc) is 2.09. The van der Waals surface area contributed by atoms with Crippen molar-refractivity contribution in [2.45, 2.75) is 6.54 Å². The fraction of sp³-hybridized carbons (Fsp3) is 0.111. The molecular weight excluding hydrogens is 154 g/mol. The lowest BCUT2D eigenvalue weighted by atomic mass is 10.2. The second-order valence-electron chi connectivity index (χ2n) is 2.18. The zero-order valence-corrected chi connectivity index (χ0v) is 6.56. The summed E-state index contributed by atoms with van der Waals surface area (Å²) >= 11 is 0. The number of rotatable bonds is 4. The van der Waals surface area contributed by atoms with Gasteiger partial charge in [-0.2, -0.15) is 4.91 Å². The first-order valence-electron chi connectivity index (χ1n) is 3.53. The van der Waals surface area contributed by atoms with Crippen LogP contribution in [-0.2, 0) is 6.54 Å². The summed E-state index contributed by atoms with van der Waals surface area (Å²) in [4.78, 5) is 10.00. The van der Waals surface area contributed by atoms with Gasteiger partial charge in [-0.3, -0.25) is 0 Å². The summed E-state index contributed by atoms with van der Waals surface area (Å²) in [5.41, 5.74) is 0.771. The van der Waals surface area contributed by atoms with Crippen LogP contribution in [0.25, 0.3) is 0 Å². The summed E-state index contributed by atoms with van der Waals surface area (Å²) in [5.74, 6) is 0.632. The minimum absolute atomic E-state index is 0.129. The number of hydrogen-bond donors (Lipinski definition) is 0. The van der Waals surface area contributed by atoms with Crippen LogP contribution in [0, 0.1) is 4.91 Å². The van der Waals surface area contributed by atoms with Gasteiger partial charge in [0.15, 0.2) is 0 Å². The van der Waals surface area contributed by atoms with Gasteiger partial charge in [-0.25, -0.2) is 0 Å². The highest BCUT2D eigenvalue weighted by molar-refractivity contribution is 5.33. The fourth-order valence-corrected chi connectivity index (χ4v) is 0.909. The predicted octanol–water partition coefficient (Wildman–Crippen LogP) is 2.48. The zero-order chi connectivity index (χ0) is 8.81. The second-order valence-corrected chi connectivity index (χ2v) is 2.18. The molecule has 1 aromatic rings. The van der Waals surface area contributed by atoms with E-state index in [-0.39, 0.29) is 6.54 Å². The van der Waals surface area contributed by atoms with Gasteiger partial charge in [0.1, 0.15) is 12.3 Å². The molecule has 1 aromatic carbocycles. The van der Waals surface area contributed by atoms with E-state index in [9.17, 15) is 4.91 Å². The van der Waals surface area contributed by atoms with Crippen LogP contribution in [0.4, 0.5) is 0 Å². The topological polar surface area (TPSA) is 38.7 Å². The number of benzene rings is 1. The van der Waals surface area contributed by atoms with Crippen molar-refractivity contribution in [2.75, 3.05) is 0 Å². The molecule has 0 aliphatic rings. The van der Waals surface area contributed by atoms with Crippen LogP contribution in [0.3, 0.4) is 0 Å². The van der Waals surface area contributed by atoms with Crippen molar-refractivity contribution in [1.29, 1.82) is 0 Å². The third-order valence-electron chi connectivity index (χ3n) is 1.42. The second kappa shape index (κ2) is 4.28. The maximum absolute atomic E-state index is 10.00. The van der Waals surface area contributed by atoms with E-state index in [4.69, 9.17) is 4.74 Å². The average molecular weight is 163 g/mol. The number of ether oxygens (including phenoxy) is 1. The summed E-state index contributed by atoms with van der Waals surface area (Å²) < 4.78 is 5.05. The van der Waals surface area contributed by atoms with E-state index in [0.29, 0.717) is 5.75 Å². The first kappa shape index (κ1) is 8.46. The molecule has 3 heteroatoms. The van der Waals surface area contributed by atoms with E-state index < -0.39 is 0 Å². The zero-order valence-electron chi connectivity index (χ0n) is 6.56. The van der Waals surface area contributed by atoms with Gasteiger partial charge >= 0.3 is 0 Å². The SMILES string of the molecule is C=COc1ccccc1CN=O. The van der Waals surface area contributed by atoms with Gasteiger partial charge in [0.2, 0.25) is 0 Å². The van der Waals surface area contributed by atoms with Crippen LogP contribution in [-0.4, -0.2) is 0 Å². The molecule has 12 heavy (non-hydrogen) atoms. The number of hydrogen-bond acceptors (Lipinski definition) is 3. The van der Waals surface area contributed by atoms with Crippen LogP contribution in [0.15, 0.2) is 42.3 Å². The Morgan fingerprint density at radius 1 is 1.50 bits per heavy atom. The Morgan fingerprint density at radius 3 is 2.92 bits per heavy atom. The summed E-state index contributed by atoms with van der Waals surface area (Å²) in [7, 11) is 0. The highest BCUT2D eigenvalue weighted by atomic mass is 16.5. The Kier molecular flexibility index (Phi) is 3.02. The lowest BCUT2D eigenvalue weighted by Crippen LogP contribution is -1.88. The highest BCUT2D eigenvalue weighted by Gasteiger charge is 1.99. The summed E-state index contributed by atoms with van der Waals surface area (Å²) in [6.07, 6.45) is 1.32. The molecule has 62 valence electrons. The van der Waals surface area contributed by atoms with Gasteiger partial charge in [0.25, 0.3) is 0 Å². The molecule has 0 aromatic heterocycles. The summed E-state index contributed by atoms with van der Waals surface area (Å²) in [6, 6.07) is 7.21. The van der Waals surface area contributed by atoms with Crippen LogP contribution in [0.5, 0.6) is 5.75 Å². The normalized spacial score (nSPS) is 9.00. The Balaban J connectivity index is 2.90. The molecular formula is C9H9NO2. The lowest BCUT2D eigenvalue weighted by molar-refractivity contribution is 0.477. The summed E-state index contributed by atoms with van der Waals surface area (Å²) in [5, 5.41) is 2.78. The lowest BCUT2D eigenvalue weighted by Gasteiger charge is -2.03. The maximum atomic E-state index is 10.00. The molecule has 0 heterocycles. The molecule has 3 nitrogen and oxygen atoms in total. The molecule has 0 N–H and O–H groups in total. The van der Waals surface area contributed by atoms with Crippen LogP contribution in [0.2, 0.25) is 0 Å². The van der Waals surface area contributed by atoms with E-state index in [1.54, 1.807) is 12.1 Å². The number of nitrogens with zero attached hydrogens (tertiary/aromatic N) is 1. The molecule has 0 saturated carbocycles. The maximum Gasteiger partial charge on any atom is 0.131 e. The first-order valence-corrected chi connectivity index (χ1v) is 3.53. The molecule has 0 atom stereocenters. The van der Waals surface area contributed by atoms with Crippen LogP contribution < -0.4 is 4.74 Å². The molecule has 0 aliphatic carbocycles. The fourth-order valence-electron chi connectivity index (χ4n) is 0.909. The Morgan fingerprint density at radius 2 is 2.25 bits per heavy atom. The van der Waals surface area contributed by atoms with E-state index in [1.807, 2.05) is 12.1 Å². The molecule has 0 radical (unpaired) electrons. The van der Waals surface area contributed by atoms with E-state index in [2.05, 4.69) is 11.8 Å². The van der Waals surface area contributed by atoms with E-state index in [1.165, 1.54) is 6.26 Å². The van der Waals surface area contributed by atoms with Gasteiger partial charge < -0.3 is 4.74 Å².